The van der Waals surface area contributed by atoms with E-state index in [0.29, 0.717) is 17.2 Å². The van der Waals surface area contributed by atoms with E-state index in [4.69, 9.17) is 14.2 Å². The highest BCUT2D eigenvalue weighted by Gasteiger charge is 2.07. The fourth-order valence-corrected chi connectivity index (χ4v) is 1.75. The second-order valence-electron chi connectivity index (χ2n) is 4.68. The molecule has 0 aliphatic carbocycles. The van der Waals surface area contributed by atoms with Gasteiger partial charge in [0.2, 0.25) is 0 Å². The van der Waals surface area contributed by atoms with Crippen molar-refractivity contribution < 1.29 is 19.0 Å². The van der Waals surface area contributed by atoms with E-state index in [1.54, 1.807) is 31.4 Å². The first-order valence-electron chi connectivity index (χ1n) is 6.63. The summed E-state index contributed by atoms with van der Waals surface area (Å²) in [5.74, 6) is 1.38. The van der Waals surface area contributed by atoms with Crippen LogP contribution < -0.4 is 14.2 Å². The molecular weight excluding hydrogens is 268 g/mol. The molecule has 0 radical (unpaired) electrons. The maximum Gasteiger partial charge on any atom is 0.349 e. The molecule has 0 unspecified atom stereocenters. The molecule has 0 aliphatic heterocycles. The van der Waals surface area contributed by atoms with Crippen LogP contribution in [-0.2, 0) is 4.79 Å². The van der Waals surface area contributed by atoms with Crippen LogP contribution in [0.15, 0.2) is 42.5 Å². The maximum atomic E-state index is 11.7. The van der Waals surface area contributed by atoms with Crippen LogP contribution in [0.25, 0.3) is 0 Å². The first-order valence-corrected chi connectivity index (χ1v) is 6.63. The Balaban J connectivity index is 1.87. The Hall–Kier alpha value is -2.49. The number of rotatable bonds is 5. The molecule has 0 spiro atoms. The average Bonchev–Trinajstić information content (AvgIpc) is 2.49. The minimum Gasteiger partial charge on any atom is -0.497 e. The van der Waals surface area contributed by atoms with E-state index in [2.05, 4.69) is 0 Å². The predicted octanol–water partition coefficient (Wildman–Crippen LogP) is 3.30. The summed E-state index contributed by atoms with van der Waals surface area (Å²) in [6.07, 6.45) is 0. The zero-order chi connectivity index (χ0) is 15.2. The van der Waals surface area contributed by atoms with Gasteiger partial charge in [0.15, 0.2) is 6.61 Å². The summed E-state index contributed by atoms with van der Waals surface area (Å²) in [7, 11) is 1.58. The fraction of sp³-hybridized carbons (Fsp3) is 0.235. The summed E-state index contributed by atoms with van der Waals surface area (Å²) >= 11 is 0. The molecule has 0 atom stereocenters. The summed E-state index contributed by atoms with van der Waals surface area (Å²) in [6.45, 7) is 3.89. The number of ether oxygens (including phenoxy) is 3. The molecule has 0 aliphatic rings. The molecule has 4 heteroatoms. The van der Waals surface area contributed by atoms with Gasteiger partial charge in [-0.2, -0.15) is 0 Å². The van der Waals surface area contributed by atoms with Crippen LogP contribution in [0.3, 0.4) is 0 Å². The first kappa shape index (κ1) is 14.9. The van der Waals surface area contributed by atoms with Gasteiger partial charge in [0.05, 0.1) is 7.11 Å². The summed E-state index contributed by atoms with van der Waals surface area (Å²) in [4.78, 5) is 11.7. The Bertz CT molecular complexity index is 617. The standard InChI is InChI=1S/C17H18O4/c1-12-4-5-16(10-13(12)2)20-11-17(18)21-15-8-6-14(19-3)7-9-15/h4-10H,11H2,1-3H3. The lowest BCUT2D eigenvalue weighted by molar-refractivity contribution is -0.136. The molecule has 0 N–H and O–H groups in total. The molecular formula is C17H18O4. The second-order valence-corrected chi connectivity index (χ2v) is 4.68. The quantitative estimate of drug-likeness (QED) is 0.625. The van der Waals surface area contributed by atoms with Gasteiger partial charge in [-0.25, -0.2) is 4.79 Å². The number of carbonyl (C=O) groups is 1. The van der Waals surface area contributed by atoms with E-state index in [-0.39, 0.29) is 6.61 Å². The van der Waals surface area contributed by atoms with Gasteiger partial charge in [0.1, 0.15) is 17.2 Å². The van der Waals surface area contributed by atoms with E-state index in [1.165, 1.54) is 5.56 Å². The van der Waals surface area contributed by atoms with Crippen molar-refractivity contribution in [2.45, 2.75) is 13.8 Å². The van der Waals surface area contributed by atoms with Crippen LogP contribution >= 0.6 is 0 Å². The minimum atomic E-state index is -0.446. The van der Waals surface area contributed by atoms with Crippen molar-refractivity contribution >= 4 is 5.97 Å². The summed E-state index contributed by atoms with van der Waals surface area (Å²) in [5, 5.41) is 0. The van der Waals surface area contributed by atoms with Gasteiger partial charge in [-0.3, -0.25) is 0 Å². The lowest BCUT2D eigenvalue weighted by Gasteiger charge is -2.08. The van der Waals surface area contributed by atoms with Crippen molar-refractivity contribution in [2.24, 2.45) is 0 Å². The molecule has 0 fully saturated rings. The molecule has 4 nitrogen and oxygen atoms in total. The van der Waals surface area contributed by atoms with Gasteiger partial charge in [-0.05, 0) is 61.4 Å². The van der Waals surface area contributed by atoms with Crippen LogP contribution in [0.1, 0.15) is 11.1 Å². The molecule has 0 saturated carbocycles. The molecule has 2 aromatic rings. The molecule has 2 aromatic carbocycles. The summed E-state index contributed by atoms with van der Waals surface area (Å²) < 4.78 is 15.6. The lowest BCUT2D eigenvalue weighted by atomic mass is 10.1. The first-order chi connectivity index (χ1) is 10.1. The van der Waals surface area contributed by atoms with Crippen LogP contribution in [0.5, 0.6) is 17.2 Å². The molecule has 0 aromatic heterocycles. The van der Waals surface area contributed by atoms with Crippen molar-refractivity contribution in [1.29, 1.82) is 0 Å². The van der Waals surface area contributed by atoms with Crippen LogP contribution in [-0.4, -0.2) is 19.7 Å². The molecule has 0 heterocycles. The van der Waals surface area contributed by atoms with E-state index in [0.717, 1.165) is 5.56 Å². The summed E-state index contributed by atoms with van der Waals surface area (Å²) in [6, 6.07) is 12.5. The Morgan fingerprint density at radius 2 is 1.52 bits per heavy atom. The number of benzene rings is 2. The average molecular weight is 286 g/mol. The van der Waals surface area contributed by atoms with Crippen molar-refractivity contribution in [1.82, 2.24) is 0 Å². The second kappa shape index (κ2) is 6.79. The predicted molar refractivity (Wildman–Crippen MR) is 80.0 cm³/mol. The van der Waals surface area contributed by atoms with E-state index in [9.17, 15) is 4.79 Å². The van der Waals surface area contributed by atoms with Crippen LogP contribution in [0, 0.1) is 13.8 Å². The van der Waals surface area contributed by atoms with Gasteiger partial charge in [-0.1, -0.05) is 6.07 Å². The number of aryl methyl sites for hydroxylation is 2. The highest BCUT2D eigenvalue weighted by atomic mass is 16.6. The van der Waals surface area contributed by atoms with Gasteiger partial charge in [0.25, 0.3) is 0 Å². The smallest absolute Gasteiger partial charge is 0.349 e. The van der Waals surface area contributed by atoms with Gasteiger partial charge < -0.3 is 14.2 Å². The van der Waals surface area contributed by atoms with Crippen molar-refractivity contribution in [3.8, 4) is 17.2 Å². The van der Waals surface area contributed by atoms with Crippen molar-refractivity contribution in [3.05, 3.63) is 53.6 Å². The molecule has 2 rings (SSSR count). The fourth-order valence-electron chi connectivity index (χ4n) is 1.75. The Morgan fingerprint density at radius 1 is 0.905 bits per heavy atom. The lowest BCUT2D eigenvalue weighted by Crippen LogP contribution is -2.17. The topological polar surface area (TPSA) is 44.8 Å². The van der Waals surface area contributed by atoms with E-state index < -0.39 is 5.97 Å². The van der Waals surface area contributed by atoms with Crippen LogP contribution in [0.2, 0.25) is 0 Å². The van der Waals surface area contributed by atoms with Gasteiger partial charge >= 0.3 is 5.97 Å². The molecule has 110 valence electrons. The highest BCUT2D eigenvalue weighted by Crippen LogP contribution is 2.18. The highest BCUT2D eigenvalue weighted by molar-refractivity contribution is 5.74. The van der Waals surface area contributed by atoms with Gasteiger partial charge in [-0.15, -0.1) is 0 Å². The third kappa shape index (κ3) is 4.24. The molecule has 0 bridgehead atoms. The maximum absolute atomic E-state index is 11.7. The number of hydrogen-bond donors (Lipinski definition) is 0. The Labute approximate surface area is 124 Å². The number of hydrogen-bond acceptors (Lipinski definition) is 4. The zero-order valence-corrected chi connectivity index (χ0v) is 12.4. The van der Waals surface area contributed by atoms with Gasteiger partial charge in [0, 0.05) is 0 Å². The Morgan fingerprint density at radius 3 is 2.14 bits per heavy atom. The normalized spacial score (nSPS) is 10.0. The van der Waals surface area contributed by atoms with E-state index >= 15 is 0 Å². The third-order valence-corrected chi connectivity index (χ3v) is 3.13. The third-order valence-electron chi connectivity index (χ3n) is 3.13. The summed E-state index contributed by atoms with van der Waals surface area (Å²) in [5.41, 5.74) is 2.30. The Kier molecular flexibility index (Phi) is 4.82. The minimum absolute atomic E-state index is 0.130. The van der Waals surface area contributed by atoms with Crippen molar-refractivity contribution in [3.63, 3.8) is 0 Å². The monoisotopic (exact) mass is 286 g/mol. The zero-order valence-electron chi connectivity index (χ0n) is 12.4. The number of esters is 1. The van der Waals surface area contributed by atoms with Crippen LogP contribution in [0.4, 0.5) is 0 Å². The SMILES string of the molecule is COc1ccc(OC(=O)COc2ccc(C)c(C)c2)cc1. The van der Waals surface area contributed by atoms with E-state index in [1.807, 2.05) is 32.0 Å². The molecule has 0 saturated heterocycles. The van der Waals surface area contributed by atoms with Crippen molar-refractivity contribution in [2.75, 3.05) is 13.7 Å². The molecule has 0 amide bonds. The largest absolute Gasteiger partial charge is 0.497 e. The number of methoxy groups -OCH3 is 1. The molecule has 21 heavy (non-hydrogen) atoms. The number of carbonyl (C=O) groups excluding carboxylic acids is 1.